The lowest BCUT2D eigenvalue weighted by molar-refractivity contribution is 0.787. The van der Waals surface area contributed by atoms with Gasteiger partial charge in [0.15, 0.2) is 0 Å². The minimum atomic E-state index is 0.580. The first kappa shape index (κ1) is 12.1. The lowest BCUT2D eigenvalue weighted by Crippen LogP contribution is -1.96. The summed E-state index contributed by atoms with van der Waals surface area (Å²) in [7, 11) is 0. The quantitative estimate of drug-likeness (QED) is 0.791. The highest BCUT2D eigenvalue weighted by Gasteiger charge is 2.05. The number of nitrogens with zero attached hydrogens (tertiary/aromatic N) is 2. The first-order chi connectivity index (χ1) is 9.35. The third-order valence-corrected chi connectivity index (χ3v) is 3.94. The molecule has 0 amide bonds. The van der Waals surface area contributed by atoms with E-state index < -0.39 is 0 Å². The lowest BCUT2D eigenvalue weighted by atomic mass is 10.1. The Bertz CT molecular complexity index is 638. The Morgan fingerprint density at radius 1 is 1.11 bits per heavy atom. The van der Waals surface area contributed by atoms with Gasteiger partial charge in [0.25, 0.3) is 0 Å². The zero-order valence-electron chi connectivity index (χ0n) is 10.5. The van der Waals surface area contributed by atoms with Crippen molar-refractivity contribution < 1.29 is 0 Å². The van der Waals surface area contributed by atoms with Crippen molar-refractivity contribution in [2.75, 3.05) is 0 Å². The highest BCUT2D eigenvalue weighted by Crippen LogP contribution is 2.24. The fraction of sp³-hybridized carbons (Fsp3) is 0.133. The van der Waals surface area contributed by atoms with E-state index in [9.17, 15) is 0 Å². The SMILES string of the molecule is NCc1ccc(-c2nc(Cn3cccc3)cs2)cc1. The second-order valence-corrected chi connectivity index (χ2v) is 5.26. The first-order valence-electron chi connectivity index (χ1n) is 6.20. The van der Waals surface area contributed by atoms with Crippen molar-refractivity contribution in [1.82, 2.24) is 9.55 Å². The Morgan fingerprint density at radius 3 is 2.53 bits per heavy atom. The Balaban J connectivity index is 1.80. The highest BCUT2D eigenvalue weighted by molar-refractivity contribution is 7.13. The molecule has 3 rings (SSSR count). The summed E-state index contributed by atoms with van der Waals surface area (Å²) in [6.07, 6.45) is 4.10. The van der Waals surface area contributed by atoms with Crippen LogP contribution in [0.1, 0.15) is 11.3 Å². The van der Waals surface area contributed by atoms with Gasteiger partial charge in [-0.15, -0.1) is 11.3 Å². The molecule has 2 N–H and O–H groups in total. The monoisotopic (exact) mass is 269 g/mol. The molecule has 96 valence electrons. The Kier molecular flexibility index (Phi) is 3.44. The van der Waals surface area contributed by atoms with E-state index in [0.29, 0.717) is 6.54 Å². The van der Waals surface area contributed by atoms with Gasteiger partial charge in [0.05, 0.1) is 12.2 Å². The number of benzene rings is 1. The zero-order valence-corrected chi connectivity index (χ0v) is 11.3. The third kappa shape index (κ3) is 2.75. The maximum Gasteiger partial charge on any atom is 0.123 e. The molecule has 2 heterocycles. The summed E-state index contributed by atoms with van der Waals surface area (Å²) in [5.41, 5.74) is 9.00. The van der Waals surface area contributed by atoms with E-state index in [-0.39, 0.29) is 0 Å². The number of rotatable bonds is 4. The molecule has 0 aliphatic rings. The van der Waals surface area contributed by atoms with Gasteiger partial charge in [-0.05, 0) is 17.7 Å². The van der Waals surface area contributed by atoms with Gasteiger partial charge in [0.1, 0.15) is 5.01 Å². The average Bonchev–Trinajstić information content (AvgIpc) is 3.11. The third-order valence-electron chi connectivity index (χ3n) is 3.00. The molecule has 4 heteroatoms. The number of nitrogens with two attached hydrogens (primary N) is 1. The van der Waals surface area contributed by atoms with E-state index in [1.165, 1.54) is 0 Å². The zero-order chi connectivity index (χ0) is 13.1. The molecule has 0 atom stereocenters. The molecule has 3 aromatic rings. The fourth-order valence-electron chi connectivity index (χ4n) is 1.96. The van der Waals surface area contributed by atoms with E-state index in [4.69, 9.17) is 5.73 Å². The normalized spacial score (nSPS) is 10.8. The van der Waals surface area contributed by atoms with Gasteiger partial charge in [0, 0.05) is 29.9 Å². The lowest BCUT2D eigenvalue weighted by Gasteiger charge is -2.00. The summed E-state index contributed by atoms with van der Waals surface area (Å²) >= 11 is 1.68. The molecular weight excluding hydrogens is 254 g/mol. The standard InChI is InChI=1S/C15H15N3S/c16-9-12-3-5-13(6-4-12)15-17-14(11-19-15)10-18-7-1-2-8-18/h1-8,11H,9-10,16H2. The molecule has 0 fully saturated rings. The van der Waals surface area contributed by atoms with Crippen LogP contribution < -0.4 is 5.73 Å². The van der Waals surface area contributed by atoms with Crippen LogP contribution in [-0.2, 0) is 13.1 Å². The predicted octanol–water partition coefficient (Wildman–Crippen LogP) is 3.12. The van der Waals surface area contributed by atoms with Gasteiger partial charge < -0.3 is 10.3 Å². The molecule has 0 saturated carbocycles. The number of hydrogen-bond donors (Lipinski definition) is 1. The van der Waals surface area contributed by atoms with Crippen LogP contribution in [0.3, 0.4) is 0 Å². The minimum Gasteiger partial charge on any atom is -0.348 e. The molecule has 19 heavy (non-hydrogen) atoms. The van der Waals surface area contributed by atoms with Crippen molar-refractivity contribution in [1.29, 1.82) is 0 Å². The molecule has 0 unspecified atom stereocenters. The molecule has 0 bridgehead atoms. The molecule has 0 aliphatic heterocycles. The van der Waals surface area contributed by atoms with Crippen LogP contribution in [0.5, 0.6) is 0 Å². The molecule has 0 aliphatic carbocycles. The van der Waals surface area contributed by atoms with Crippen molar-refractivity contribution in [2.45, 2.75) is 13.1 Å². The Hall–Kier alpha value is -1.91. The van der Waals surface area contributed by atoms with Gasteiger partial charge in [-0.3, -0.25) is 0 Å². The smallest absolute Gasteiger partial charge is 0.123 e. The van der Waals surface area contributed by atoms with Gasteiger partial charge >= 0.3 is 0 Å². The largest absolute Gasteiger partial charge is 0.348 e. The molecule has 2 aromatic heterocycles. The summed E-state index contributed by atoms with van der Waals surface area (Å²) in [5, 5.41) is 3.18. The number of hydrogen-bond acceptors (Lipinski definition) is 3. The predicted molar refractivity (Wildman–Crippen MR) is 79.0 cm³/mol. The Morgan fingerprint density at radius 2 is 1.84 bits per heavy atom. The van der Waals surface area contributed by atoms with Gasteiger partial charge in [-0.2, -0.15) is 0 Å². The highest BCUT2D eigenvalue weighted by atomic mass is 32.1. The van der Waals surface area contributed by atoms with Crippen molar-refractivity contribution in [3.8, 4) is 10.6 Å². The van der Waals surface area contributed by atoms with Crippen molar-refractivity contribution in [2.24, 2.45) is 5.73 Å². The van der Waals surface area contributed by atoms with Crippen molar-refractivity contribution in [3.63, 3.8) is 0 Å². The van der Waals surface area contributed by atoms with E-state index in [1.54, 1.807) is 11.3 Å². The van der Waals surface area contributed by atoms with E-state index >= 15 is 0 Å². The van der Waals surface area contributed by atoms with Crippen LogP contribution in [0.4, 0.5) is 0 Å². The second kappa shape index (κ2) is 5.38. The van der Waals surface area contributed by atoms with Gasteiger partial charge in [-0.25, -0.2) is 4.98 Å². The average molecular weight is 269 g/mol. The first-order valence-corrected chi connectivity index (χ1v) is 7.07. The van der Waals surface area contributed by atoms with Crippen LogP contribution in [-0.4, -0.2) is 9.55 Å². The summed E-state index contributed by atoms with van der Waals surface area (Å²) in [5.74, 6) is 0. The summed E-state index contributed by atoms with van der Waals surface area (Å²) in [4.78, 5) is 4.68. The Labute approximate surface area is 116 Å². The van der Waals surface area contributed by atoms with Crippen LogP contribution >= 0.6 is 11.3 Å². The topological polar surface area (TPSA) is 43.8 Å². The second-order valence-electron chi connectivity index (χ2n) is 4.40. The molecular formula is C15H15N3S. The van der Waals surface area contributed by atoms with Crippen molar-refractivity contribution in [3.05, 3.63) is 65.4 Å². The molecule has 0 saturated heterocycles. The van der Waals surface area contributed by atoms with Gasteiger partial charge in [-0.1, -0.05) is 24.3 Å². The number of thiazole rings is 1. The van der Waals surface area contributed by atoms with Crippen LogP contribution in [0.15, 0.2) is 54.2 Å². The fourth-order valence-corrected chi connectivity index (χ4v) is 2.78. The molecule has 0 radical (unpaired) electrons. The van der Waals surface area contributed by atoms with E-state index in [0.717, 1.165) is 28.4 Å². The molecule has 1 aromatic carbocycles. The summed E-state index contributed by atoms with van der Waals surface area (Å²) in [6.45, 7) is 1.40. The van der Waals surface area contributed by atoms with Crippen molar-refractivity contribution >= 4 is 11.3 Å². The van der Waals surface area contributed by atoms with Crippen LogP contribution in [0.25, 0.3) is 10.6 Å². The molecule has 3 nitrogen and oxygen atoms in total. The maximum atomic E-state index is 5.60. The number of aromatic nitrogens is 2. The van der Waals surface area contributed by atoms with E-state index in [1.807, 2.05) is 12.1 Å². The van der Waals surface area contributed by atoms with Gasteiger partial charge in [0.2, 0.25) is 0 Å². The van der Waals surface area contributed by atoms with Crippen LogP contribution in [0.2, 0.25) is 0 Å². The molecule has 0 spiro atoms. The van der Waals surface area contributed by atoms with Crippen LogP contribution in [0, 0.1) is 0 Å². The summed E-state index contributed by atoms with van der Waals surface area (Å²) < 4.78 is 2.12. The van der Waals surface area contributed by atoms with E-state index in [2.05, 4.69) is 51.6 Å². The minimum absolute atomic E-state index is 0.580. The maximum absolute atomic E-state index is 5.60. The summed E-state index contributed by atoms with van der Waals surface area (Å²) in [6, 6.07) is 12.3.